The zero-order chi connectivity index (χ0) is 11.4. The molecule has 0 aliphatic carbocycles. The van der Waals surface area contributed by atoms with Crippen molar-refractivity contribution in [3.8, 4) is 0 Å². The second-order valence-corrected chi connectivity index (χ2v) is 6.27. The Balaban J connectivity index is 1.91. The maximum Gasteiger partial charge on any atom is 0.0701 e. The van der Waals surface area contributed by atoms with Crippen LogP contribution in [0.3, 0.4) is 0 Å². The number of hydrogen-bond acceptors (Lipinski definition) is 2. The van der Waals surface area contributed by atoms with E-state index >= 15 is 0 Å². The van der Waals surface area contributed by atoms with Crippen LogP contribution in [0.2, 0.25) is 0 Å². The summed E-state index contributed by atoms with van der Waals surface area (Å²) in [7, 11) is 0. The lowest BCUT2D eigenvalue weighted by atomic mass is 10.1. The molecule has 0 saturated heterocycles. The van der Waals surface area contributed by atoms with Crippen molar-refractivity contribution in [2.24, 2.45) is 5.73 Å². The molecule has 0 radical (unpaired) electrons. The number of nitrogens with two attached hydrogens (primary N) is 1. The molecule has 1 heterocycles. The van der Waals surface area contributed by atoms with E-state index in [1.807, 2.05) is 6.07 Å². The maximum absolute atomic E-state index is 6.15. The van der Waals surface area contributed by atoms with Gasteiger partial charge < -0.3 is 5.73 Å². The third-order valence-electron chi connectivity index (χ3n) is 2.55. The Labute approximate surface area is 108 Å². The Morgan fingerprint density at radius 1 is 1.12 bits per heavy atom. The molecule has 1 aromatic carbocycles. The summed E-state index contributed by atoms with van der Waals surface area (Å²) in [4.78, 5) is 1.25. The van der Waals surface area contributed by atoms with Crippen molar-refractivity contribution in [2.45, 2.75) is 18.9 Å². The van der Waals surface area contributed by atoms with E-state index in [0.29, 0.717) is 0 Å². The van der Waals surface area contributed by atoms with Gasteiger partial charge in [-0.25, -0.2) is 0 Å². The van der Waals surface area contributed by atoms with Crippen molar-refractivity contribution in [1.82, 2.24) is 0 Å². The molecule has 2 N–H and O–H groups in total. The lowest BCUT2D eigenvalue weighted by molar-refractivity contribution is 0.662. The van der Waals surface area contributed by atoms with Crippen LogP contribution in [-0.4, -0.2) is 0 Å². The minimum absolute atomic E-state index is 0.150. The van der Waals surface area contributed by atoms with Crippen LogP contribution in [0.15, 0.2) is 46.3 Å². The van der Waals surface area contributed by atoms with E-state index in [1.165, 1.54) is 10.4 Å². The fraction of sp³-hybridized carbons (Fsp3) is 0.231. The predicted octanol–water partition coefficient (Wildman–Crippen LogP) is 4.14. The molecule has 0 bridgehead atoms. The lowest BCUT2D eigenvalue weighted by Crippen LogP contribution is -2.09. The van der Waals surface area contributed by atoms with Gasteiger partial charge in [-0.1, -0.05) is 30.3 Å². The third-order valence-corrected chi connectivity index (χ3v) is 4.30. The van der Waals surface area contributed by atoms with Crippen molar-refractivity contribution < 1.29 is 0 Å². The van der Waals surface area contributed by atoms with Crippen molar-refractivity contribution in [3.63, 3.8) is 0 Å². The molecule has 0 aliphatic rings. The Morgan fingerprint density at radius 3 is 2.50 bits per heavy atom. The fourth-order valence-corrected chi connectivity index (χ4v) is 3.10. The zero-order valence-electron chi connectivity index (χ0n) is 8.90. The average molecular weight is 296 g/mol. The van der Waals surface area contributed by atoms with Gasteiger partial charge in [0.2, 0.25) is 0 Å². The topological polar surface area (TPSA) is 26.0 Å². The molecule has 1 unspecified atom stereocenters. The van der Waals surface area contributed by atoms with Crippen LogP contribution in [0.25, 0.3) is 0 Å². The van der Waals surface area contributed by atoms with Gasteiger partial charge in [0.25, 0.3) is 0 Å². The second-order valence-electron chi connectivity index (χ2n) is 3.77. The maximum atomic E-state index is 6.15. The molecule has 2 rings (SSSR count). The molecule has 3 heteroatoms. The molecule has 0 spiro atoms. The van der Waals surface area contributed by atoms with Gasteiger partial charge in [0, 0.05) is 10.9 Å². The number of halogens is 1. The first-order valence-electron chi connectivity index (χ1n) is 5.30. The van der Waals surface area contributed by atoms with Crippen molar-refractivity contribution in [2.75, 3.05) is 0 Å². The zero-order valence-corrected chi connectivity index (χ0v) is 11.3. The van der Waals surface area contributed by atoms with Crippen LogP contribution in [0.5, 0.6) is 0 Å². The van der Waals surface area contributed by atoms with E-state index in [0.717, 1.165) is 16.6 Å². The molecule has 1 aromatic heterocycles. The second kappa shape index (κ2) is 5.62. The molecule has 0 saturated carbocycles. The smallest absolute Gasteiger partial charge is 0.0701 e. The number of aryl methyl sites for hydroxylation is 1. The first-order valence-corrected chi connectivity index (χ1v) is 6.91. The van der Waals surface area contributed by atoms with Crippen molar-refractivity contribution in [1.29, 1.82) is 0 Å². The van der Waals surface area contributed by atoms with Gasteiger partial charge >= 0.3 is 0 Å². The highest BCUT2D eigenvalue weighted by Crippen LogP contribution is 2.28. The molecule has 1 atom stereocenters. The summed E-state index contributed by atoms with van der Waals surface area (Å²) in [6.07, 6.45) is 2.04. The van der Waals surface area contributed by atoms with Crippen LogP contribution in [0, 0.1) is 0 Å². The van der Waals surface area contributed by atoms with Crippen LogP contribution in [-0.2, 0) is 6.42 Å². The molecular weight excluding hydrogens is 282 g/mol. The largest absolute Gasteiger partial charge is 0.323 e. The summed E-state index contributed by atoms with van der Waals surface area (Å²) < 4.78 is 1.15. The van der Waals surface area contributed by atoms with Gasteiger partial charge in [-0.3, -0.25) is 0 Å². The first-order chi connectivity index (χ1) is 7.75. The molecular formula is C13H14BrNS. The summed E-state index contributed by atoms with van der Waals surface area (Å²) in [5.41, 5.74) is 7.50. The SMILES string of the molecule is NC(CCc1ccccc1)c1ccc(Br)s1. The summed E-state index contributed by atoms with van der Waals surface area (Å²) in [6.45, 7) is 0. The Kier molecular flexibility index (Phi) is 4.16. The lowest BCUT2D eigenvalue weighted by Gasteiger charge is -2.09. The molecule has 0 aliphatic heterocycles. The standard InChI is InChI=1S/C13H14BrNS/c14-13-9-8-12(16-13)11(15)7-6-10-4-2-1-3-5-10/h1-5,8-9,11H,6-7,15H2. The normalized spacial score (nSPS) is 12.6. The van der Waals surface area contributed by atoms with Crippen LogP contribution in [0.1, 0.15) is 22.9 Å². The van der Waals surface area contributed by atoms with Crippen LogP contribution >= 0.6 is 27.3 Å². The van der Waals surface area contributed by atoms with Crippen LogP contribution in [0.4, 0.5) is 0 Å². The molecule has 0 amide bonds. The van der Waals surface area contributed by atoms with E-state index in [1.54, 1.807) is 11.3 Å². The Bertz CT molecular complexity index is 438. The summed E-state index contributed by atoms with van der Waals surface area (Å²) in [5, 5.41) is 0. The highest BCUT2D eigenvalue weighted by atomic mass is 79.9. The van der Waals surface area contributed by atoms with Gasteiger partial charge in [0.15, 0.2) is 0 Å². The van der Waals surface area contributed by atoms with Gasteiger partial charge in [0.05, 0.1) is 3.79 Å². The predicted molar refractivity (Wildman–Crippen MR) is 73.7 cm³/mol. The molecule has 0 fully saturated rings. The Hall–Kier alpha value is -0.640. The molecule has 1 nitrogen and oxygen atoms in total. The van der Waals surface area contributed by atoms with Crippen molar-refractivity contribution in [3.05, 3.63) is 56.7 Å². The highest BCUT2D eigenvalue weighted by molar-refractivity contribution is 9.11. The Morgan fingerprint density at radius 2 is 1.88 bits per heavy atom. The van der Waals surface area contributed by atoms with E-state index in [4.69, 9.17) is 5.73 Å². The summed E-state index contributed by atoms with van der Waals surface area (Å²) >= 11 is 5.18. The monoisotopic (exact) mass is 295 g/mol. The van der Waals surface area contributed by atoms with Gasteiger partial charge in [-0.05, 0) is 46.5 Å². The van der Waals surface area contributed by atoms with Gasteiger partial charge in [-0.2, -0.15) is 0 Å². The van der Waals surface area contributed by atoms with Gasteiger partial charge in [0.1, 0.15) is 0 Å². The minimum atomic E-state index is 0.150. The van der Waals surface area contributed by atoms with Crippen molar-refractivity contribution >= 4 is 27.3 Å². The minimum Gasteiger partial charge on any atom is -0.323 e. The van der Waals surface area contributed by atoms with E-state index < -0.39 is 0 Å². The van der Waals surface area contributed by atoms with Crippen LogP contribution < -0.4 is 5.73 Å². The van der Waals surface area contributed by atoms with E-state index in [2.05, 4.69) is 52.3 Å². The quantitative estimate of drug-likeness (QED) is 0.901. The molecule has 84 valence electrons. The summed E-state index contributed by atoms with van der Waals surface area (Å²) in [5.74, 6) is 0. The average Bonchev–Trinajstić information content (AvgIpc) is 2.74. The number of benzene rings is 1. The number of rotatable bonds is 4. The number of thiophene rings is 1. The molecule has 16 heavy (non-hydrogen) atoms. The highest BCUT2D eigenvalue weighted by Gasteiger charge is 2.08. The van der Waals surface area contributed by atoms with E-state index in [9.17, 15) is 0 Å². The first kappa shape index (κ1) is 11.8. The summed E-state index contributed by atoms with van der Waals surface area (Å²) in [6, 6.07) is 14.8. The third kappa shape index (κ3) is 3.17. The molecule has 2 aromatic rings. The van der Waals surface area contributed by atoms with Gasteiger partial charge in [-0.15, -0.1) is 11.3 Å². The van der Waals surface area contributed by atoms with E-state index in [-0.39, 0.29) is 6.04 Å². The fourth-order valence-electron chi connectivity index (χ4n) is 1.64. The number of hydrogen-bond donors (Lipinski definition) is 1.